The van der Waals surface area contributed by atoms with Gasteiger partial charge in [0.1, 0.15) is 5.82 Å². The zero-order valence-electron chi connectivity index (χ0n) is 12.5. The molecule has 1 N–H and O–H groups in total. The second-order valence-electron chi connectivity index (χ2n) is 5.51. The minimum atomic E-state index is -0.321. The molecule has 0 aromatic heterocycles. The molecule has 0 unspecified atom stereocenters. The first kappa shape index (κ1) is 17.1. The van der Waals surface area contributed by atoms with Crippen molar-refractivity contribution in [2.24, 2.45) is 5.10 Å². The number of nitrogens with one attached hydrogen (secondary N) is 1. The van der Waals surface area contributed by atoms with E-state index in [1.807, 2.05) is 0 Å². The van der Waals surface area contributed by atoms with Crippen molar-refractivity contribution in [3.8, 4) is 0 Å². The van der Waals surface area contributed by atoms with Crippen molar-refractivity contribution in [1.82, 2.24) is 10.3 Å². The van der Waals surface area contributed by atoms with Crippen LogP contribution >= 0.6 is 15.9 Å². The van der Waals surface area contributed by atoms with Gasteiger partial charge < -0.3 is 0 Å². The average molecular weight is 370 g/mol. The maximum Gasteiger partial charge on any atom is 0.254 e. The summed E-state index contributed by atoms with van der Waals surface area (Å²) in [6, 6.07) is 4.57. The van der Waals surface area contributed by atoms with Gasteiger partial charge in [-0.25, -0.2) is 9.82 Å². The Morgan fingerprint density at radius 3 is 2.64 bits per heavy atom. The lowest BCUT2D eigenvalue weighted by Gasteiger charge is -2.23. The minimum absolute atomic E-state index is 0.113. The number of likely N-dealkylation sites (tertiary alicyclic amines) is 1. The van der Waals surface area contributed by atoms with Crippen molar-refractivity contribution in [2.75, 3.05) is 19.6 Å². The average Bonchev–Trinajstić information content (AvgIpc) is 2.45. The van der Waals surface area contributed by atoms with E-state index in [4.69, 9.17) is 0 Å². The molecule has 1 aliphatic rings. The third-order valence-corrected chi connectivity index (χ3v) is 4.27. The van der Waals surface area contributed by atoms with E-state index in [-0.39, 0.29) is 11.7 Å². The number of rotatable bonds is 4. The molecule has 1 aromatic carbocycles. The molecule has 1 saturated heterocycles. The molecule has 0 bridgehead atoms. The van der Waals surface area contributed by atoms with Gasteiger partial charge >= 0.3 is 0 Å². The summed E-state index contributed by atoms with van der Waals surface area (Å²) in [6.45, 7) is 2.33. The van der Waals surface area contributed by atoms with Crippen LogP contribution in [0, 0.1) is 5.82 Å². The van der Waals surface area contributed by atoms with Crippen molar-refractivity contribution in [3.05, 3.63) is 34.1 Å². The van der Waals surface area contributed by atoms with Crippen molar-refractivity contribution in [1.29, 1.82) is 0 Å². The van der Waals surface area contributed by atoms with E-state index < -0.39 is 0 Å². The Morgan fingerprint density at radius 2 is 1.95 bits per heavy atom. The summed E-state index contributed by atoms with van der Waals surface area (Å²) in [4.78, 5) is 14.1. The number of halogens is 2. The Hall–Kier alpha value is -1.27. The first-order chi connectivity index (χ1) is 10.6. The molecule has 0 radical (unpaired) electrons. The monoisotopic (exact) mass is 369 g/mol. The van der Waals surface area contributed by atoms with Crippen molar-refractivity contribution < 1.29 is 9.18 Å². The summed E-state index contributed by atoms with van der Waals surface area (Å²) in [6.07, 6.45) is 7.61. The number of nitrogens with zero attached hydrogens (tertiary/aromatic N) is 2. The van der Waals surface area contributed by atoms with Crippen LogP contribution in [0.2, 0.25) is 0 Å². The van der Waals surface area contributed by atoms with Crippen LogP contribution in [-0.4, -0.2) is 36.7 Å². The molecular weight excluding hydrogens is 349 g/mol. The highest BCUT2D eigenvalue weighted by Crippen LogP contribution is 2.15. The predicted octanol–water partition coefficient (Wildman–Crippen LogP) is 3.30. The van der Waals surface area contributed by atoms with Crippen LogP contribution in [0.15, 0.2) is 27.8 Å². The third kappa shape index (κ3) is 5.85. The molecule has 0 aliphatic carbocycles. The highest BCUT2D eigenvalue weighted by atomic mass is 79.9. The summed E-state index contributed by atoms with van der Waals surface area (Å²) < 4.78 is 13.5. The molecule has 2 rings (SSSR count). The summed E-state index contributed by atoms with van der Waals surface area (Å²) in [5, 5.41) is 3.93. The number of carbonyl (C=O) groups is 1. The Balaban J connectivity index is 1.78. The van der Waals surface area contributed by atoms with E-state index >= 15 is 0 Å². The number of hydrogen-bond donors (Lipinski definition) is 1. The van der Waals surface area contributed by atoms with Crippen LogP contribution in [-0.2, 0) is 4.79 Å². The van der Waals surface area contributed by atoms with Crippen LogP contribution in [0.5, 0.6) is 0 Å². The molecule has 0 atom stereocenters. The fourth-order valence-electron chi connectivity index (χ4n) is 2.48. The van der Waals surface area contributed by atoms with Gasteiger partial charge in [-0.05, 0) is 59.6 Å². The van der Waals surface area contributed by atoms with Gasteiger partial charge in [0.25, 0.3) is 5.91 Å². The maximum atomic E-state index is 13.1. The van der Waals surface area contributed by atoms with Gasteiger partial charge in [0.05, 0.1) is 17.2 Å². The van der Waals surface area contributed by atoms with Gasteiger partial charge in [0.15, 0.2) is 0 Å². The molecule has 120 valence electrons. The molecule has 1 amide bonds. The fraction of sp³-hybridized carbons (Fsp3) is 0.500. The topological polar surface area (TPSA) is 44.7 Å². The molecule has 1 aliphatic heterocycles. The van der Waals surface area contributed by atoms with Crippen LogP contribution in [0.3, 0.4) is 0 Å². The second kappa shape index (κ2) is 9.00. The first-order valence-corrected chi connectivity index (χ1v) is 8.44. The van der Waals surface area contributed by atoms with Crippen molar-refractivity contribution >= 4 is 28.1 Å². The van der Waals surface area contributed by atoms with E-state index in [1.165, 1.54) is 31.5 Å². The molecule has 1 fully saturated rings. The van der Waals surface area contributed by atoms with E-state index in [0.717, 1.165) is 31.5 Å². The standard InChI is InChI=1S/C16H21BrFN3O/c17-14-10-13(6-7-15(14)18)11-19-20-16(22)12-21-8-4-2-1-3-5-9-21/h6-7,10-11H,1-5,8-9,12H2,(H,20,22)/b19-11-. The first-order valence-electron chi connectivity index (χ1n) is 7.64. The van der Waals surface area contributed by atoms with Gasteiger partial charge in [-0.1, -0.05) is 25.3 Å². The van der Waals surface area contributed by atoms with Gasteiger partial charge in [-0.3, -0.25) is 9.69 Å². The Morgan fingerprint density at radius 1 is 1.27 bits per heavy atom. The molecular formula is C16H21BrFN3O. The van der Waals surface area contributed by atoms with Crippen molar-refractivity contribution in [2.45, 2.75) is 32.1 Å². The number of benzene rings is 1. The summed E-state index contributed by atoms with van der Waals surface area (Å²) in [7, 11) is 0. The summed E-state index contributed by atoms with van der Waals surface area (Å²) in [5.74, 6) is -0.434. The van der Waals surface area contributed by atoms with Crippen LogP contribution in [0.25, 0.3) is 0 Å². The lowest BCUT2D eigenvalue weighted by molar-refractivity contribution is -0.122. The lowest BCUT2D eigenvalue weighted by Crippen LogP contribution is -2.37. The van der Waals surface area contributed by atoms with Gasteiger partial charge in [-0.15, -0.1) is 0 Å². The SMILES string of the molecule is O=C(CN1CCCCCCC1)N/N=C\c1ccc(F)c(Br)c1. The quantitative estimate of drug-likeness (QED) is 0.653. The molecule has 1 heterocycles. The molecule has 22 heavy (non-hydrogen) atoms. The van der Waals surface area contributed by atoms with E-state index in [9.17, 15) is 9.18 Å². The minimum Gasteiger partial charge on any atom is -0.294 e. The van der Waals surface area contributed by atoms with E-state index in [2.05, 4.69) is 31.4 Å². The highest BCUT2D eigenvalue weighted by Gasteiger charge is 2.11. The van der Waals surface area contributed by atoms with Gasteiger partial charge in [0, 0.05) is 0 Å². The van der Waals surface area contributed by atoms with Crippen molar-refractivity contribution in [3.63, 3.8) is 0 Å². The number of carbonyl (C=O) groups excluding carboxylic acids is 1. The number of hydrogen-bond acceptors (Lipinski definition) is 3. The van der Waals surface area contributed by atoms with E-state index in [1.54, 1.807) is 12.1 Å². The van der Waals surface area contributed by atoms with Crippen LogP contribution in [0.1, 0.15) is 37.7 Å². The fourth-order valence-corrected chi connectivity index (χ4v) is 2.88. The maximum absolute atomic E-state index is 13.1. The zero-order valence-corrected chi connectivity index (χ0v) is 14.1. The predicted molar refractivity (Wildman–Crippen MR) is 89.4 cm³/mol. The Labute approximate surface area is 138 Å². The lowest BCUT2D eigenvalue weighted by atomic mass is 10.1. The largest absolute Gasteiger partial charge is 0.294 e. The molecule has 0 saturated carbocycles. The second-order valence-corrected chi connectivity index (χ2v) is 6.36. The highest BCUT2D eigenvalue weighted by molar-refractivity contribution is 9.10. The van der Waals surface area contributed by atoms with Gasteiger partial charge in [0.2, 0.25) is 0 Å². The van der Waals surface area contributed by atoms with Gasteiger partial charge in [-0.2, -0.15) is 5.10 Å². The van der Waals surface area contributed by atoms with Crippen LogP contribution in [0.4, 0.5) is 4.39 Å². The number of amides is 1. The molecule has 0 spiro atoms. The molecule has 6 heteroatoms. The third-order valence-electron chi connectivity index (χ3n) is 3.66. The number of hydrazone groups is 1. The van der Waals surface area contributed by atoms with E-state index in [0.29, 0.717) is 11.0 Å². The normalized spacial score (nSPS) is 17.2. The molecule has 4 nitrogen and oxygen atoms in total. The molecule has 1 aromatic rings. The Bertz CT molecular complexity index is 528. The summed E-state index contributed by atoms with van der Waals surface area (Å²) in [5.41, 5.74) is 3.25. The Kier molecular flexibility index (Phi) is 6.99. The summed E-state index contributed by atoms with van der Waals surface area (Å²) >= 11 is 3.12. The smallest absolute Gasteiger partial charge is 0.254 e. The zero-order chi connectivity index (χ0) is 15.8. The van der Waals surface area contributed by atoms with Crippen LogP contribution < -0.4 is 5.43 Å².